The third-order valence-corrected chi connectivity index (χ3v) is 3.46. The highest BCUT2D eigenvalue weighted by Gasteiger charge is 2.08. The van der Waals surface area contributed by atoms with Crippen LogP contribution in [0.15, 0.2) is 60.7 Å². The fourth-order valence-electron chi connectivity index (χ4n) is 2.34. The monoisotopic (exact) mass is 266 g/mol. The first kappa shape index (κ1) is 11.9. The summed E-state index contributed by atoms with van der Waals surface area (Å²) in [7, 11) is 0. The third kappa shape index (κ3) is 2.13. The number of hydrogen-bond donors (Lipinski definition) is 0. The van der Waals surface area contributed by atoms with Gasteiger partial charge in [-0.1, -0.05) is 60.1 Å². The van der Waals surface area contributed by atoms with Crippen LogP contribution in [0.4, 0.5) is 0 Å². The minimum absolute atomic E-state index is 0.575. The summed E-state index contributed by atoms with van der Waals surface area (Å²) in [6.07, 6.45) is 0.850. The summed E-state index contributed by atoms with van der Waals surface area (Å²) in [5.74, 6) is 0. The van der Waals surface area contributed by atoms with Crippen molar-refractivity contribution < 1.29 is 4.79 Å². The van der Waals surface area contributed by atoms with Crippen molar-refractivity contribution in [1.82, 2.24) is 0 Å². The summed E-state index contributed by atoms with van der Waals surface area (Å²) < 4.78 is 0. The first-order valence-electron chi connectivity index (χ1n) is 6.02. The van der Waals surface area contributed by atoms with Gasteiger partial charge in [-0.15, -0.1) is 0 Å². The number of benzene rings is 3. The van der Waals surface area contributed by atoms with Crippen molar-refractivity contribution in [2.75, 3.05) is 0 Å². The molecular weight excluding hydrogens is 256 g/mol. The van der Waals surface area contributed by atoms with Crippen molar-refractivity contribution in [3.8, 4) is 11.1 Å². The Morgan fingerprint density at radius 1 is 0.842 bits per heavy atom. The summed E-state index contributed by atoms with van der Waals surface area (Å²) in [6, 6.07) is 19.6. The zero-order valence-electron chi connectivity index (χ0n) is 10.1. The Bertz CT molecular complexity index is 757. The first-order chi connectivity index (χ1) is 9.29. The highest BCUT2D eigenvalue weighted by Crippen LogP contribution is 2.31. The summed E-state index contributed by atoms with van der Waals surface area (Å²) in [4.78, 5) is 11.2. The van der Waals surface area contributed by atoms with Gasteiger partial charge in [-0.3, -0.25) is 4.79 Å². The smallest absolute Gasteiger partial charge is 0.150 e. The number of halogens is 1. The van der Waals surface area contributed by atoms with Crippen molar-refractivity contribution in [2.45, 2.75) is 0 Å². The van der Waals surface area contributed by atoms with Crippen LogP contribution in [0.25, 0.3) is 21.9 Å². The number of carbonyl (C=O) groups excluding carboxylic acids is 1. The van der Waals surface area contributed by atoms with E-state index in [1.807, 2.05) is 36.4 Å². The zero-order chi connectivity index (χ0) is 13.2. The molecule has 3 aromatic rings. The van der Waals surface area contributed by atoms with Gasteiger partial charge in [0, 0.05) is 10.6 Å². The Morgan fingerprint density at radius 3 is 2.47 bits per heavy atom. The van der Waals surface area contributed by atoms with Crippen LogP contribution in [0.1, 0.15) is 10.4 Å². The molecule has 2 heteroatoms. The fourth-order valence-corrected chi connectivity index (χ4v) is 2.52. The van der Waals surface area contributed by atoms with Gasteiger partial charge in [-0.05, 0) is 34.0 Å². The highest BCUT2D eigenvalue weighted by atomic mass is 35.5. The van der Waals surface area contributed by atoms with E-state index in [9.17, 15) is 4.79 Å². The lowest BCUT2D eigenvalue weighted by molar-refractivity contribution is 0.112. The molecule has 0 bridgehead atoms. The normalized spacial score (nSPS) is 10.6. The van der Waals surface area contributed by atoms with E-state index in [0.29, 0.717) is 10.6 Å². The number of rotatable bonds is 2. The van der Waals surface area contributed by atoms with E-state index in [1.54, 1.807) is 6.07 Å². The molecule has 0 aliphatic carbocycles. The zero-order valence-corrected chi connectivity index (χ0v) is 10.9. The lowest BCUT2D eigenvalue weighted by Gasteiger charge is -2.09. The quantitative estimate of drug-likeness (QED) is 0.598. The summed E-state index contributed by atoms with van der Waals surface area (Å²) >= 11 is 5.94. The standard InChI is InChI=1S/C17H11ClO/c18-14-8-9-16(13(10-14)11-19)17-7-3-5-12-4-1-2-6-15(12)17/h1-11H. The molecule has 0 aromatic heterocycles. The minimum atomic E-state index is 0.575. The van der Waals surface area contributed by atoms with Crippen LogP contribution in [0.5, 0.6) is 0 Å². The predicted octanol–water partition coefficient (Wildman–Crippen LogP) is 4.97. The second-order valence-corrected chi connectivity index (χ2v) is 4.81. The maximum absolute atomic E-state index is 11.2. The van der Waals surface area contributed by atoms with E-state index in [0.717, 1.165) is 28.2 Å². The molecule has 0 saturated carbocycles. The van der Waals surface area contributed by atoms with Gasteiger partial charge in [0.05, 0.1) is 0 Å². The van der Waals surface area contributed by atoms with Gasteiger partial charge in [0.1, 0.15) is 0 Å². The average Bonchev–Trinajstić information content (AvgIpc) is 2.46. The predicted molar refractivity (Wildman–Crippen MR) is 79.8 cm³/mol. The van der Waals surface area contributed by atoms with Crippen LogP contribution < -0.4 is 0 Å². The van der Waals surface area contributed by atoms with Crippen molar-refractivity contribution >= 4 is 28.7 Å². The van der Waals surface area contributed by atoms with Crippen LogP contribution in [0.2, 0.25) is 5.02 Å². The average molecular weight is 267 g/mol. The molecule has 0 heterocycles. The molecule has 0 aliphatic heterocycles. The van der Waals surface area contributed by atoms with Gasteiger partial charge in [-0.25, -0.2) is 0 Å². The van der Waals surface area contributed by atoms with Crippen molar-refractivity contribution in [2.24, 2.45) is 0 Å². The Hall–Kier alpha value is -2.12. The molecule has 0 spiro atoms. The molecule has 1 nitrogen and oxygen atoms in total. The lowest BCUT2D eigenvalue weighted by Crippen LogP contribution is -1.88. The van der Waals surface area contributed by atoms with E-state index in [4.69, 9.17) is 11.6 Å². The lowest BCUT2D eigenvalue weighted by atomic mass is 9.95. The molecule has 0 amide bonds. The van der Waals surface area contributed by atoms with Crippen molar-refractivity contribution in [3.63, 3.8) is 0 Å². The summed E-state index contributed by atoms with van der Waals surface area (Å²) in [5, 5.41) is 2.87. The van der Waals surface area contributed by atoms with Crippen LogP contribution in [0, 0.1) is 0 Å². The van der Waals surface area contributed by atoms with Crippen LogP contribution >= 0.6 is 11.6 Å². The second-order valence-electron chi connectivity index (χ2n) is 4.38. The maximum atomic E-state index is 11.2. The van der Waals surface area contributed by atoms with Gasteiger partial charge in [0.2, 0.25) is 0 Å². The molecule has 92 valence electrons. The molecule has 0 fully saturated rings. The molecule has 0 atom stereocenters. The Morgan fingerprint density at radius 2 is 1.63 bits per heavy atom. The SMILES string of the molecule is O=Cc1cc(Cl)ccc1-c1cccc2ccccc12. The Balaban J connectivity index is 2.33. The second kappa shape index (κ2) is 4.87. The van der Waals surface area contributed by atoms with Crippen molar-refractivity contribution in [3.05, 3.63) is 71.2 Å². The molecule has 3 aromatic carbocycles. The highest BCUT2D eigenvalue weighted by molar-refractivity contribution is 6.31. The Kier molecular flexibility index (Phi) is 3.06. The van der Waals surface area contributed by atoms with Gasteiger partial charge >= 0.3 is 0 Å². The van der Waals surface area contributed by atoms with Crippen LogP contribution in [-0.2, 0) is 0 Å². The van der Waals surface area contributed by atoms with E-state index < -0.39 is 0 Å². The number of fused-ring (bicyclic) bond motifs is 1. The molecule has 0 saturated heterocycles. The van der Waals surface area contributed by atoms with Crippen LogP contribution in [0.3, 0.4) is 0 Å². The molecule has 0 radical (unpaired) electrons. The van der Waals surface area contributed by atoms with Gasteiger partial charge in [0.15, 0.2) is 6.29 Å². The fraction of sp³-hybridized carbons (Fsp3) is 0. The molecule has 0 aliphatic rings. The molecular formula is C17H11ClO. The van der Waals surface area contributed by atoms with Crippen molar-refractivity contribution in [1.29, 1.82) is 0 Å². The largest absolute Gasteiger partial charge is 0.298 e. The third-order valence-electron chi connectivity index (χ3n) is 3.22. The number of hydrogen-bond acceptors (Lipinski definition) is 1. The summed E-state index contributed by atoms with van der Waals surface area (Å²) in [6.45, 7) is 0. The van der Waals surface area contributed by atoms with Crippen LogP contribution in [-0.4, -0.2) is 6.29 Å². The van der Waals surface area contributed by atoms with E-state index in [2.05, 4.69) is 18.2 Å². The molecule has 0 unspecified atom stereocenters. The maximum Gasteiger partial charge on any atom is 0.150 e. The van der Waals surface area contributed by atoms with E-state index in [1.165, 1.54) is 0 Å². The van der Waals surface area contributed by atoms with Gasteiger partial charge in [-0.2, -0.15) is 0 Å². The molecule has 19 heavy (non-hydrogen) atoms. The van der Waals surface area contributed by atoms with Gasteiger partial charge < -0.3 is 0 Å². The van der Waals surface area contributed by atoms with Gasteiger partial charge in [0.25, 0.3) is 0 Å². The van der Waals surface area contributed by atoms with E-state index in [-0.39, 0.29) is 0 Å². The molecule has 3 rings (SSSR count). The Labute approximate surface area is 116 Å². The minimum Gasteiger partial charge on any atom is -0.298 e. The summed E-state index contributed by atoms with van der Waals surface area (Å²) in [5.41, 5.74) is 2.58. The molecule has 0 N–H and O–H groups in total. The number of carbonyl (C=O) groups is 1. The van der Waals surface area contributed by atoms with E-state index >= 15 is 0 Å². The first-order valence-corrected chi connectivity index (χ1v) is 6.40. The topological polar surface area (TPSA) is 17.1 Å². The number of aldehydes is 1.